The molecule has 0 aliphatic carbocycles. The van der Waals surface area contributed by atoms with Gasteiger partial charge in [0.2, 0.25) is 5.91 Å². The highest BCUT2D eigenvalue weighted by Gasteiger charge is 2.65. The molecule has 0 radical (unpaired) electrons. The van der Waals surface area contributed by atoms with Crippen molar-refractivity contribution in [3.8, 4) is 0 Å². The molecule has 2 amide bonds. The van der Waals surface area contributed by atoms with Gasteiger partial charge < -0.3 is 0 Å². The van der Waals surface area contributed by atoms with Gasteiger partial charge in [0.1, 0.15) is 12.0 Å². The third kappa shape index (κ3) is 1.33. The minimum Gasteiger partial charge on any atom is -0.284 e. The van der Waals surface area contributed by atoms with Gasteiger partial charge in [-0.05, 0) is 0 Å². The molecule has 2 rings (SSSR count). The van der Waals surface area contributed by atoms with Crippen molar-refractivity contribution in [2.45, 2.75) is 18.3 Å². The molecule has 0 bridgehead atoms. The summed E-state index contributed by atoms with van der Waals surface area (Å²) in [4.78, 5) is 28.4. The zero-order valence-electron chi connectivity index (χ0n) is 8.49. The second kappa shape index (κ2) is 3.17. The third-order valence-corrected chi connectivity index (χ3v) is 2.86. The Morgan fingerprint density at radius 1 is 1.19 bits per heavy atom. The van der Waals surface area contributed by atoms with Crippen LogP contribution in [0, 0.1) is 5.92 Å². The smallest absolute Gasteiger partial charge is 0.284 e. The number of hydrogen-bond acceptors (Lipinski definition) is 4. The van der Waals surface area contributed by atoms with Gasteiger partial charge in [-0.2, -0.15) is 18.2 Å². The standard InChI is InChI=1S/C8H9F3N2O3/c1-12-6(14)3-4(7(12)15)16-13(2)5(3)8(9,10)11/h3-5H,1-2H3/t3-,4+,5+/m0/s1. The second-order valence-electron chi connectivity index (χ2n) is 3.82. The number of carbonyl (C=O) groups is 2. The van der Waals surface area contributed by atoms with Gasteiger partial charge in [-0.3, -0.25) is 19.3 Å². The van der Waals surface area contributed by atoms with Crippen LogP contribution < -0.4 is 0 Å². The first-order valence-electron chi connectivity index (χ1n) is 4.53. The Morgan fingerprint density at radius 3 is 2.25 bits per heavy atom. The van der Waals surface area contributed by atoms with Gasteiger partial charge in [0.05, 0.1) is 0 Å². The number of hydrogen-bond donors (Lipinski definition) is 0. The van der Waals surface area contributed by atoms with E-state index in [-0.39, 0.29) is 0 Å². The fourth-order valence-electron chi connectivity index (χ4n) is 2.10. The predicted molar refractivity (Wildman–Crippen MR) is 43.7 cm³/mol. The van der Waals surface area contributed by atoms with Crippen LogP contribution in [0.25, 0.3) is 0 Å². The first-order valence-corrected chi connectivity index (χ1v) is 4.53. The summed E-state index contributed by atoms with van der Waals surface area (Å²) in [6, 6.07) is -2.06. The van der Waals surface area contributed by atoms with Crippen LogP contribution in [0.3, 0.4) is 0 Å². The molecule has 0 aromatic heterocycles. The Labute approximate surface area is 88.7 Å². The van der Waals surface area contributed by atoms with E-state index in [1.807, 2.05) is 0 Å². The maximum Gasteiger partial charge on any atom is 0.407 e. The van der Waals surface area contributed by atoms with Gasteiger partial charge in [0, 0.05) is 14.1 Å². The number of carbonyl (C=O) groups excluding carboxylic acids is 2. The molecule has 2 saturated heterocycles. The van der Waals surface area contributed by atoms with Crippen molar-refractivity contribution in [3.63, 3.8) is 0 Å². The molecule has 0 aromatic rings. The van der Waals surface area contributed by atoms with Gasteiger partial charge in [-0.15, -0.1) is 0 Å². The van der Waals surface area contributed by atoms with E-state index in [2.05, 4.69) is 0 Å². The Kier molecular flexibility index (Phi) is 2.25. The van der Waals surface area contributed by atoms with Crippen molar-refractivity contribution in [1.82, 2.24) is 9.96 Å². The quantitative estimate of drug-likeness (QED) is 0.547. The van der Waals surface area contributed by atoms with Gasteiger partial charge in [-0.25, -0.2) is 0 Å². The number of fused-ring (bicyclic) bond motifs is 1. The number of rotatable bonds is 0. The number of nitrogens with zero attached hydrogens (tertiary/aromatic N) is 2. The molecule has 2 heterocycles. The van der Waals surface area contributed by atoms with Crippen molar-refractivity contribution in [3.05, 3.63) is 0 Å². The topological polar surface area (TPSA) is 49.9 Å². The summed E-state index contributed by atoms with van der Waals surface area (Å²) in [5.74, 6) is -3.06. The van der Waals surface area contributed by atoms with Gasteiger partial charge >= 0.3 is 6.18 Å². The first-order chi connectivity index (χ1) is 7.25. The number of hydroxylamine groups is 2. The third-order valence-electron chi connectivity index (χ3n) is 2.86. The molecule has 0 spiro atoms. The highest BCUT2D eigenvalue weighted by molar-refractivity contribution is 6.07. The van der Waals surface area contributed by atoms with Crippen LogP contribution in [0.1, 0.15) is 0 Å². The largest absolute Gasteiger partial charge is 0.407 e. The molecular weight excluding hydrogens is 229 g/mol. The van der Waals surface area contributed by atoms with Crippen molar-refractivity contribution >= 4 is 11.8 Å². The molecule has 16 heavy (non-hydrogen) atoms. The number of likely N-dealkylation sites (tertiary alicyclic amines) is 1. The summed E-state index contributed by atoms with van der Waals surface area (Å²) in [6.07, 6.45) is -5.94. The Hall–Kier alpha value is -1.15. The van der Waals surface area contributed by atoms with E-state index in [4.69, 9.17) is 4.84 Å². The lowest BCUT2D eigenvalue weighted by Gasteiger charge is -2.24. The summed E-state index contributed by atoms with van der Waals surface area (Å²) in [5, 5.41) is 0.540. The maximum atomic E-state index is 12.7. The zero-order chi connectivity index (χ0) is 12.2. The molecule has 0 N–H and O–H groups in total. The average molecular weight is 238 g/mol. The minimum absolute atomic E-state index is 0.540. The molecule has 2 aliphatic rings. The lowest BCUT2D eigenvalue weighted by Crippen LogP contribution is -2.46. The summed E-state index contributed by atoms with van der Waals surface area (Å²) in [6.45, 7) is 0. The van der Waals surface area contributed by atoms with Crippen molar-refractivity contribution in [2.24, 2.45) is 5.92 Å². The van der Waals surface area contributed by atoms with E-state index >= 15 is 0 Å². The van der Waals surface area contributed by atoms with Crippen LogP contribution in [0.15, 0.2) is 0 Å². The molecule has 3 atom stereocenters. The summed E-state index contributed by atoms with van der Waals surface area (Å²) in [7, 11) is 2.22. The molecule has 2 aliphatic heterocycles. The molecule has 2 fully saturated rings. The molecule has 0 saturated carbocycles. The first kappa shape index (κ1) is 11.3. The number of imide groups is 1. The number of halogens is 3. The van der Waals surface area contributed by atoms with E-state index in [1.54, 1.807) is 0 Å². The molecule has 90 valence electrons. The normalized spacial score (nSPS) is 36.1. The van der Waals surface area contributed by atoms with E-state index in [1.165, 1.54) is 0 Å². The molecular formula is C8H9F3N2O3. The van der Waals surface area contributed by atoms with Crippen LogP contribution in [-0.2, 0) is 14.4 Å². The van der Waals surface area contributed by atoms with Crippen LogP contribution in [0.2, 0.25) is 0 Å². The highest BCUT2D eigenvalue weighted by atomic mass is 19.4. The van der Waals surface area contributed by atoms with Crippen LogP contribution >= 0.6 is 0 Å². The monoisotopic (exact) mass is 238 g/mol. The van der Waals surface area contributed by atoms with Crippen molar-refractivity contribution in [1.29, 1.82) is 0 Å². The molecule has 0 unspecified atom stereocenters. The maximum absolute atomic E-state index is 12.7. The number of amides is 2. The van der Waals surface area contributed by atoms with Crippen molar-refractivity contribution < 1.29 is 27.6 Å². The van der Waals surface area contributed by atoms with Crippen LogP contribution in [0.4, 0.5) is 13.2 Å². The predicted octanol–water partition coefficient (Wildman–Crippen LogP) is -0.222. The SMILES string of the molecule is CN1C(=O)[C@H]2[C@@H](ON(C)[C@H]2C(F)(F)F)C1=O. The average Bonchev–Trinajstić information content (AvgIpc) is 2.58. The fourth-order valence-corrected chi connectivity index (χ4v) is 2.10. The Balaban J connectivity index is 2.37. The summed E-state index contributed by atoms with van der Waals surface area (Å²) >= 11 is 0. The number of alkyl halides is 3. The van der Waals surface area contributed by atoms with Crippen LogP contribution in [-0.4, -0.2) is 54.2 Å². The summed E-state index contributed by atoms with van der Waals surface area (Å²) in [5.41, 5.74) is 0. The summed E-state index contributed by atoms with van der Waals surface area (Å²) < 4.78 is 38.0. The van der Waals surface area contributed by atoms with Crippen molar-refractivity contribution in [2.75, 3.05) is 14.1 Å². The van der Waals surface area contributed by atoms with E-state index in [0.29, 0.717) is 9.96 Å². The number of likely N-dealkylation sites (N-methyl/N-ethyl adjacent to an activating group) is 1. The lowest BCUT2D eigenvalue weighted by molar-refractivity contribution is -0.236. The molecule has 5 nitrogen and oxygen atoms in total. The zero-order valence-corrected chi connectivity index (χ0v) is 8.49. The lowest BCUT2D eigenvalue weighted by atomic mass is 9.96. The van der Waals surface area contributed by atoms with Crippen LogP contribution in [0.5, 0.6) is 0 Å². The Morgan fingerprint density at radius 2 is 1.75 bits per heavy atom. The van der Waals surface area contributed by atoms with E-state index in [0.717, 1.165) is 14.1 Å². The molecule has 0 aromatic carbocycles. The Bertz CT molecular complexity index is 357. The van der Waals surface area contributed by atoms with Gasteiger partial charge in [0.15, 0.2) is 6.10 Å². The van der Waals surface area contributed by atoms with Gasteiger partial charge in [0.25, 0.3) is 5.91 Å². The van der Waals surface area contributed by atoms with E-state index in [9.17, 15) is 22.8 Å². The fraction of sp³-hybridized carbons (Fsp3) is 0.750. The van der Waals surface area contributed by atoms with Gasteiger partial charge in [-0.1, -0.05) is 0 Å². The minimum atomic E-state index is -4.60. The second-order valence-corrected chi connectivity index (χ2v) is 3.82. The highest BCUT2D eigenvalue weighted by Crippen LogP contribution is 2.41. The van der Waals surface area contributed by atoms with E-state index < -0.39 is 36.1 Å². The molecule has 8 heteroatoms.